The maximum atomic E-state index is 13.1. The molecule has 0 radical (unpaired) electrons. The Hall–Kier alpha value is -1.63. The average molecular weight is 305 g/mol. The fraction of sp³-hybridized carbons (Fsp3) is 0.500. The first kappa shape index (κ1) is 15.8. The van der Waals surface area contributed by atoms with Gasteiger partial charge in [0, 0.05) is 19.1 Å². The second-order valence-electron chi connectivity index (χ2n) is 5.33. The van der Waals surface area contributed by atoms with Crippen LogP contribution in [0.5, 0.6) is 0 Å². The van der Waals surface area contributed by atoms with Crippen molar-refractivity contribution in [3.63, 3.8) is 0 Å². The van der Waals surface area contributed by atoms with Gasteiger partial charge in [0.1, 0.15) is 5.82 Å². The molecule has 1 aromatic carbocycles. The van der Waals surface area contributed by atoms with Gasteiger partial charge in [0.05, 0.1) is 0 Å². The molecule has 116 valence electrons. The van der Waals surface area contributed by atoms with Crippen LogP contribution in [-0.2, 0) is 4.79 Å². The van der Waals surface area contributed by atoms with Crippen molar-refractivity contribution in [2.75, 3.05) is 13.1 Å². The first-order valence-electron chi connectivity index (χ1n) is 6.47. The molecule has 2 rings (SSSR count). The highest BCUT2D eigenvalue weighted by atomic mass is 19.4. The van der Waals surface area contributed by atoms with Crippen LogP contribution in [-0.4, -0.2) is 35.2 Å². The Morgan fingerprint density at radius 2 is 1.90 bits per heavy atom. The number of carbonyl (C=O) groups is 1. The highest BCUT2D eigenvalue weighted by Crippen LogP contribution is 2.47. The zero-order chi connectivity index (χ0) is 15.8. The van der Waals surface area contributed by atoms with Crippen LogP contribution in [0, 0.1) is 11.2 Å². The summed E-state index contributed by atoms with van der Waals surface area (Å²) in [6.07, 6.45) is -5.27. The summed E-state index contributed by atoms with van der Waals surface area (Å²) in [5.41, 5.74) is -2.07. The van der Waals surface area contributed by atoms with E-state index in [9.17, 15) is 22.4 Å². The first-order chi connectivity index (χ1) is 9.67. The van der Waals surface area contributed by atoms with Gasteiger partial charge in [-0.3, -0.25) is 9.69 Å². The van der Waals surface area contributed by atoms with Crippen LogP contribution >= 0.6 is 0 Å². The van der Waals surface area contributed by atoms with E-state index in [1.54, 1.807) is 6.92 Å². The first-order valence-corrected chi connectivity index (χ1v) is 6.47. The van der Waals surface area contributed by atoms with Gasteiger partial charge in [0.15, 0.2) is 5.41 Å². The third-order valence-electron chi connectivity index (χ3n) is 4.15. The molecule has 1 aromatic rings. The molecule has 21 heavy (non-hydrogen) atoms. The number of alkyl halides is 3. The number of carboxylic acids is 1. The van der Waals surface area contributed by atoms with E-state index in [1.165, 1.54) is 29.2 Å². The lowest BCUT2D eigenvalue weighted by atomic mass is 9.86. The highest BCUT2D eigenvalue weighted by Gasteiger charge is 2.63. The van der Waals surface area contributed by atoms with E-state index < -0.39 is 42.4 Å². The summed E-state index contributed by atoms with van der Waals surface area (Å²) in [5, 5.41) is 9.01. The SMILES string of the molecule is CC(c1ccc(F)cc1)N1CCC(C(=O)O)(C(F)(F)F)C1. The van der Waals surface area contributed by atoms with Gasteiger partial charge in [-0.1, -0.05) is 12.1 Å². The second kappa shape index (κ2) is 5.29. The van der Waals surface area contributed by atoms with Gasteiger partial charge in [0.2, 0.25) is 0 Å². The molecule has 2 atom stereocenters. The molecule has 1 saturated heterocycles. The fourth-order valence-electron chi connectivity index (χ4n) is 2.65. The zero-order valence-corrected chi connectivity index (χ0v) is 11.3. The molecule has 2 unspecified atom stereocenters. The monoisotopic (exact) mass is 305 g/mol. The lowest BCUT2D eigenvalue weighted by molar-refractivity contribution is -0.227. The smallest absolute Gasteiger partial charge is 0.406 e. The topological polar surface area (TPSA) is 40.5 Å². The van der Waals surface area contributed by atoms with Crippen LogP contribution in [0.15, 0.2) is 24.3 Å². The molecule has 0 bridgehead atoms. The Morgan fingerprint density at radius 3 is 2.33 bits per heavy atom. The number of benzene rings is 1. The van der Waals surface area contributed by atoms with E-state index in [1.807, 2.05) is 0 Å². The van der Waals surface area contributed by atoms with Crippen molar-refractivity contribution in [2.45, 2.75) is 25.6 Å². The van der Waals surface area contributed by atoms with Gasteiger partial charge >= 0.3 is 12.1 Å². The van der Waals surface area contributed by atoms with Crippen LogP contribution in [0.4, 0.5) is 17.6 Å². The van der Waals surface area contributed by atoms with E-state index in [2.05, 4.69) is 0 Å². The summed E-state index contributed by atoms with van der Waals surface area (Å²) in [5.74, 6) is -2.27. The molecule has 0 aliphatic carbocycles. The normalized spacial score (nSPS) is 25.0. The minimum atomic E-state index is -4.80. The lowest BCUT2D eigenvalue weighted by Crippen LogP contribution is -2.47. The predicted octanol–water partition coefficient (Wildman–Crippen LogP) is 3.23. The Morgan fingerprint density at radius 1 is 1.33 bits per heavy atom. The molecule has 3 nitrogen and oxygen atoms in total. The minimum absolute atomic E-state index is 0.0321. The quantitative estimate of drug-likeness (QED) is 0.872. The Bertz CT molecular complexity index is 529. The Labute approximate surface area is 119 Å². The lowest BCUT2D eigenvalue weighted by Gasteiger charge is -2.29. The number of aliphatic carboxylic acids is 1. The number of hydrogen-bond donors (Lipinski definition) is 1. The van der Waals surface area contributed by atoms with Gasteiger partial charge in [-0.25, -0.2) is 4.39 Å². The molecule has 0 amide bonds. The van der Waals surface area contributed by atoms with Crippen LogP contribution in [0.1, 0.15) is 24.9 Å². The Kier molecular flexibility index (Phi) is 3.97. The van der Waals surface area contributed by atoms with Crippen molar-refractivity contribution in [1.29, 1.82) is 0 Å². The largest absolute Gasteiger partial charge is 0.481 e. The standard InChI is InChI=1S/C14H15F4NO2/c1-9(10-2-4-11(15)5-3-10)19-7-6-13(8-19,12(20)21)14(16,17)18/h2-5,9H,6-8H2,1H3,(H,20,21). The molecule has 1 aliphatic heterocycles. The number of nitrogens with zero attached hydrogens (tertiary/aromatic N) is 1. The van der Waals surface area contributed by atoms with E-state index >= 15 is 0 Å². The molecular formula is C14H15F4NO2. The zero-order valence-electron chi connectivity index (χ0n) is 11.3. The number of halogens is 4. The van der Waals surface area contributed by atoms with Gasteiger partial charge in [0.25, 0.3) is 0 Å². The van der Waals surface area contributed by atoms with Crippen LogP contribution in [0.3, 0.4) is 0 Å². The number of carboxylic acid groups (broad SMARTS) is 1. The van der Waals surface area contributed by atoms with Crippen molar-refractivity contribution in [3.05, 3.63) is 35.6 Å². The molecule has 1 fully saturated rings. The summed E-state index contributed by atoms with van der Waals surface area (Å²) in [6.45, 7) is 1.12. The van der Waals surface area contributed by atoms with Crippen molar-refractivity contribution in [1.82, 2.24) is 4.90 Å². The molecule has 7 heteroatoms. The molecular weight excluding hydrogens is 290 g/mol. The summed E-state index contributed by atoms with van der Waals surface area (Å²) >= 11 is 0. The summed E-state index contributed by atoms with van der Waals surface area (Å²) < 4.78 is 52.2. The highest BCUT2D eigenvalue weighted by molar-refractivity contribution is 5.76. The number of rotatable bonds is 3. The molecule has 0 saturated carbocycles. The number of likely N-dealkylation sites (tertiary alicyclic amines) is 1. The fourth-order valence-corrected chi connectivity index (χ4v) is 2.65. The summed E-state index contributed by atoms with van der Waals surface area (Å²) in [7, 11) is 0. The van der Waals surface area contributed by atoms with Crippen LogP contribution < -0.4 is 0 Å². The van der Waals surface area contributed by atoms with Crippen LogP contribution in [0.25, 0.3) is 0 Å². The van der Waals surface area contributed by atoms with Crippen LogP contribution in [0.2, 0.25) is 0 Å². The van der Waals surface area contributed by atoms with E-state index in [4.69, 9.17) is 5.11 Å². The minimum Gasteiger partial charge on any atom is -0.481 e. The van der Waals surface area contributed by atoms with Gasteiger partial charge in [-0.05, 0) is 31.0 Å². The molecule has 1 heterocycles. The maximum absolute atomic E-state index is 13.1. The molecule has 0 aromatic heterocycles. The van der Waals surface area contributed by atoms with E-state index in [0.717, 1.165) is 0 Å². The van der Waals surface area contributed by atoms with Gasteiger partial charge in [-0.15, -0.1) is 0 Å². The van der Waals surface area contributed by atoms with Crippen molar-refractivity contribution in [3.8, 4) is 0 Å². The summed E-state index contributed by atoms with van der Waals surface area (Å²) in [6, 6.07) is 5.05. The van der Waals surface area contributed by atoms with Gasteiger partial charge < -0.3 is 5.11 Å². The predicted molar refractivity (Wildman–Crippen MR) is 67.1 cm³/mol. The maximum Gasteiger partial charge on any atom is 0.406 e. The molecule has 0 spiro atoms. The van der Waals surface area contributed by atoms with Crippen molar-refractivity contribution < 1.29 is 27.5 Å². The average Bonchev–Trinajstić information content (AvgIpc) is 2.84. The van der Waals surface area contributed by atoms with Crippen molar-refractivity contribution in [2.24, 2.45) is 5.41 Å². The van der Waals surface area contributed by atoms with E-state index in [0.29, 0.717) is 5.56 Å². The van der Waals surface area contributed by atoms with E-state index in [-0.39, 0.29) is 6.54 Å². The second-order valence-corrected chi connectivity index (χ2v) is 5.33. The third-order valence-corrected chi connectivity index (χ3v) is 4.15. The molecule has 1 aliphatic rings. The Balaban J connectivity index is 2.21. The molecule has 1 N–H and O–H groups in total. The van der Waals surface area contributed by atoms with Gasteiger partial charge in [-0.2, -0.15) is 13.2 Å². The summed E-state index contributed by atoms with van der Waals surface area (Å²) in [4.78, 5) is 12.6. The third kappa shape index (κ3) is 2.74. The van der Waals surface area contributed by atoms with Crippen molar-refractivity contribution >= 4 is 5.97 Å². The number of hydrogen-bond acceptors (Lipinski definition) is 2.